The van der Waals surface area contributed by atoms with Crippen molar-refractivity contribution >= 4 is 16.9 Å². The minimum atomic E-state index is -1.13. The first-order valence-corrected chi connectivity index (χ1v) is 10.1. The fraction of sp³-hybridized carbons (Fsp3) is 0.409. The second-order valence-corrected chi connectivity index (χ2v) is 8.61. The summed E-state index contributed by atoms with van der Waals surface area (Å²) in [5, 5.41) is 10.7. The van der Waals surface area contributed by atoms with Crippen molar-refractivity contribution in [3.8, 4) is 23.1 Å². The summed E-state index contributed by atoms with van der Waals surface area (Å²) in [6.45, 7) is 5.18. The molecule has 1 saturated carbocycles. The lowest BCUT2D eigenvalue weighted by Crippen LogP contribution is -2.48. The predicted molar refractivity (Wildman–Crippen MR) is 112 cm³/mol. The Bertz CT molecular complexity index is 1190. The molecule has 1 aliphatic carbocycles. The van der Waals surface area contributed by atoms with Gasteiger partial charge in [0.25, 0.3) is 0 Å². The van der Waals surface area contributed by atoms with Crippen LogP contribution < -0.4 is 5.73 Å². The second-order valence-electron chi connectivity index (χ2n) is 8.61. The van der Waals surface area contributed by atoms with Gasteiger partial charge in [-0.3, -0.25) is 4.90 Å². The molecule has 3 N–H and O–H groups in total. The van der Waals surface area contributed by atoms with Crippen LogP contribution in [0.4, 0.5) is 10.3 Å². The molecule has 0 atom stereocenters. The summed E-state index contributed by atoms with van der Waals surface area (Å²) in [6.07, 6.45) is 7.34. The Kier molecular flexibility index (Phi) is 4.27. The topological polar surface area (TPSA) is 93.1 Å². The minimum absolute atomic E-state index is 0.0203. The van der Waals surface area contributed by atoms with Crippen LogP contribution in [0.5, 0.6) is 0 Å². The Hall–Kier alpha value is -3.02. The summed E-state index contributed by atoms with van der Waals surface area (Å²) in [5.74, 6) is 5.16. The average molecular weight is 406 g/mol. The van der Waals surface area contributed by atoms with E-state index >= 15 is 0 Å². The number of likely N-dealkylation sites (tertiary alicyclic amines) is 1. The first-order valence-electron chi connectivity index (χ1n) is 10.1. The highest BCUT2D eigenvalue weighted by Gasteiger charge is 2.39. The van der Waals surface area contributed by atoms with Crippen molar-refractivity contribution in [3.05, 3.63) is 36.2 Å². The van der Waals surface area contributed by atoms with Crippen molar-refractivity contribution in [3.63, 3.8) is 0 Å². The number of nitrogens with two attached hydrogens (primary N) is 1. The van der Waals surface area contributed by atoms with Crippen LogP contribution in [0.25, 0.3) is 22.2 Å². The predicted octanol–water partition coefficient (Wildman–Crippen LogP) is 2.36. The third-order valence-electron chi connectivity index (χ3n) is 5.58. The molecule has 0 bridgehead atoms. The largest absolute Gasteiger partial charge is 0.378 e. The summed E-state index contributed by atoms with van der Waals surface area (Å²) >= 11 is 0. The van der Waals surface area contributed by atoms with E-state index in [0.717, 1.165) is 36.2 Å². The third-order valence-corrected chi connectivity index (χ3v) is 5.58. The molecule has 1 aliphatic heterocycles. The molecule has 154 valence electrons. The number of aliphatic hydroxyl groups is 1. The molecule has 30 heavy (non-hydrogen) atoms. The van der Waals surface area contributed by atoms with Crippen molar-refractivity contribution in [1.29, 1.82) is 0 Å². The molecule has 3 aromatic rings. The highest BCUT2D eigenvalue weighted by Crippen LogP contribution is 2.39. The smallest absolute Gasteiger partial charge is 0.220 e. The average Bonchev–Trinajstić information content (AvgIpc) is 3.42. The van der Waals surface area contributed by atoms with E-state index < -0.39 is 11.4 Å². The Morgan fingerprint density at radius 2 is 1.97 bits per heavy atom. The van der Waals surface area contributed by atoms with E-state index in [0.29, 0.717) is 17.3 Å². The summed E-state index contributed by atoms with van der Waals surface area (Å²) in [5.41, 5.74) is 6.80. The molecule has 0 unspecified atom stereocenters. The Morgan fingerprint density at radius 3 is 2.67 bits per heavy atom. The first-order chi connectivity index (χ1) is 14.3. The van der Waals surface area contributed by atoms with E-state index in [1.54, 1.807) is 20.0 Å². The van der Waals surface area contributed by atoms with Crippen molar-refractivity contribution in [2.75, 3.05) is 18.8 Å². The lowest BCUT2D eigenvalue weighted by atomic mass is 10.1. The molecule has 5 rings (SSSR count). The number of nitrogens with zero attached hydrogens (tertiary/aromatic N) is 5. The molecule has 7 nitrogen and oxygen atoms in total. The summed E-state index contributed by atoms with van der Waals surface area (Å²) in [4.78, 5) is 14.8. The second kappa shape index (κ2) is 6.76. The van der Waals surface area contributed by atoms with Crippen LogP contribution in [-0.2, 0) is 0 Å². The van der Waals surface area contributed by atoms with Crippen molar-refractivity contribution in [1.82, 2.24) is 24.4 Å². The van der Waals surface area contributed by atoms with E-state index in [9.17, 15) is 9.50 Å². The molecule has 3 aromatic heterocycles. The molecule has 8 heteroatoms. The third kappa shape index (κ3) is 3.51. The molecule has 4 heterocycles. The Morgan fingerprint density at radius 1 is 1.20 bits per heavy atom. The van der Waals surface area contributed by atoms with Crippen LogP contribution in [-0.4, -0.2) is 54.3 Å². The molecule has 1 saturated heterocycles. The van der Waals surface area contributed by atoms with Crippen LogP contribution >= 0.6 is 0 Å². The van der Waals surface area contributed by atoms with Crippen LogP contribution in [0.15, 0.2) is 24.7 Å². The Labute approximate surface area is 173 Å². The van der Waals surface area contributed by atoms with E-state index in [2.05, 4.69) is 36.3 Å². The zero-order valence-corrected chi connectivity index (χ0v) is 16.9. The normalized spacial score (nSPS) is 17.6. The number of halogens is 1. The van der Waals surface area contributed by atoms with Crippen molar-refractivity contribution in [2.45, 2.75) is 44.4 Å². The number of pyridine rings is 1. The number of hydrogen-bond donors (Lipinski definition) is 2. The SMILES string of the molecule is CC(C)(O)C#Cc1cc2c(-c3nc(N)ncc3F)cn(C3CN(C4CC4)C3)c2cn1. The summed E-state index contributed by atoms with van der Waals surface area (Å²) in [6, 6.07) is 2.84. The molecule has 2 aliphatic rings. The van der Waals surface area contributed by atoms with Gasteiger partial charge in [-0.2, -0.15) is 0 Å². The number of rotatable bonds is 3. The van der Waals surface area contributed by atoms with Crippen molar-refractivity contribution < 1.29 is 9.50 Å². The number of fused-ring (bicyclic) bond motifs is 1. The van der Waals surface area contributed by atoms with Crippen LogP contribution in [0.1, 0.15) is 38.4 Å². The maximum Gasteiger partial charge on any atom is 0.220 e. The van der Waals surface area contributed by atoms with E-state index in [4.69, 9.17) is 5.73 Å². The van der Waals surface area contributed by atoms with Gasteiger partial charge >= 0.3 is 0 Å². The maximum atomic E-state index is 14.6. The van der Waals surface area contributed by atoms with Crippen LogP contribution in [0.2, 0.25) is 0 Å². The highest BCUT2D eigenvalue weighted by molar-refractivity contribution is 5.95. The highest BCUT2D eigenvalue weighted by atomic mass is 19.1. The number of aromatic nitrogens is 4. The minimum Gasteiger partial charge on any atom is -0.378 e. The van der Waals surface area contributed by atoms with Gasteiger partial charge in [0.15, 0.2) is 5.82 Å². The van der Waals surface area contributed by atoms with Gasteiger partial charge in [0, 0.05) is 36.3 Å². The number of anilines is 1. The monoisotopic (exact) mass is 406 g/mol. The summed E-state index contributed by atoms with van der Waals surface area (Å²) < 4.78 is 16.8. The van der Waals surface area contributed by atoms with Crippen LogP contribution in [0.3, 0.4) is 0 Å². The fourth-order valence-electron chi connectivity index (χ4n) is 3.90. The van der Waals surface area contributed by atoms with Crippen LogP contribution in [0, 0.1) is 17.7 Å². The molecular weight excluding hydrogens is 383 g/mol. The van der Waals surface area contributed by atoms with E-state index in [-0.39, 0.29) is 11.6 Å². The van der Waals surface area contributed by atoms with Gasteiger partial charge in [-0.1, -0.05) is 5.92 Å². The molecule has 0 amide bonds. The molecule has 0 aromatic carbocycles. The van der Waals surface area contributed by atoms with E-state index in [1.807, 2.05) is 12.3 Å². The number of hydrogen-bond acceptors (Lipinski definition) is 6. The lowest BCUT2D eigenvalue weighted by Gasteiger charge is -2.40. The number of nitrogen functional groups attached to an aromatic ring is 1. The van der Waals surface area contributed by atoms with Gasteiger partial charge in [-0.05, 0) is 38.7 Å². The zero-order valence-electron chi connectivity index (χ0n) is 16.9. The summed E-state index contributed by atoms with van der Waals surface area (Å²) in [7, 11) is 0. The van der Waals surface area contributed by atoms with Gasteiger partial charge in [0.05, 0.1) is 24.0 Å². The molecular formula is C22H23FN6O. The van der Waals surface area contributed by atoms with Gasteiger partial charge in [0.2, 0.25) is 5.95 Å². The van der Waals surface area contributed by atoms with Crippen molar-refractivity contribution in [2.24, 2.45) is 0 Å². The van der Waals surface area contributed by atoms with Gasteiger partial charge in [0.1, 0.15) is 17.0 Å². The lowest BCUT2D eigenvalue weighted by molar-refractivity contribution is 0.101. The zero-order chi connectivity index (χ0) is 21.0. The Balaban J connectivity index is 1.62. The standard InChI is InChI=1S/C22H23FN6O/c1-22(2,30)6-5-13-7-16-17(20-18(23)8-26-21(24)27-20)12-29(19(16)9-25-13)15-10-28(11-15)14-3-4-14/h7-9,12,14-15,30H,3-4,10-11H2,1-2H3,(H2,24,26,27). The van der Waals surface area contributed by atoms with E-state index in [1.165, 1.54) is 12.8 Å². The molecule has 2 fully saturated rings. The first kappa shape index (κ1) is 19.0. The van der Waals surface area contributed by atoms with Gasteiger partial charge in [-0.25, -0.2) is 19.3 Å². The molecule has 0 spiro atoms. The van der Waals surface area contributed by atoms with Gasteiger partial charge in [-0.15, -0.1) is 0 Å². The van der Waals surface area contributed by atoms with Gasteiger partial charge < -0.3 is 15.4 Å². The fourth-order valence-corrected chi connectivity index (χ4v) is 3.90. The quantitative estimate of drug-likeness (QED) is 0.649. The molecule has 0 radical (unpaired) electrons. The maximum absolute atomic E-state index is 14.6.